The van der Waals surface area contributed by atoms with Gasteiger partial charge in [0.25, 0.3) is 11.8 Å². The van der Waals surface area contributed by atoms with Gasteiger partial charge in [-0.1, -0.05) is 6.92 Å². The van der Waals surface area contributed by atoms with Gasteiger partial charge in [0.05, 0.1) is 13.2 Å². The minimum Gasteiger partial charge on any atom is -0.417 e. The predicted molar refractivity (Wildman–Crippen MR) is 128 cm³/mol. The third-order valence-electron chi connectivity index (χ3n) is 6.40. The Hall–Kier alpha value is -3.38. The smallest absolute Gasteiger partial charge is 0.388 e. The second-order valence-electron chi connectivity index (χ2n) is 8.73. The molecule has 1 atom stereocenters. The fourth-order valence-electron chi connectivity index (χ4n) is 4.29. The second kappa shape index (κ2) is 10.9. The maximum Gasteiger partial charge on any atom is 0.388 e. The zero-order valence-electron chi connectivity index (χ0n) is 20.4. The minimum atomic E-state index is -3.16. The van der Waals surface area contributed by atoms with Gasteiger partial charge in [0.1, 0.15) is 11.4 Å². The van der Waals surface area contributed by atoms with Crippen LogP contribution in [0.5, 0.6) is 5.88 Å². The molecular weight excluding hydrogens is 494 g/mol. The van der Waals surface area contributed by atoms with Crippen molar-refractivity contribution in [2.75, 3.05) is 26.3 Å². The number of nitrogens with one attached hydrogen (secondary N) is 1. The van der Waals surface area contributed by atoms with Crippen LogP contribution in [0.15, 0.2) is 47.3 Å². The maximum absolute atomic E-state index is 14.2. The Kier molecular flexibility index (Phi) is 7.88. The van der Waals surface area contributed by atoms with Crippen LogP contribution in [0.2, 0.25) is 0 Å². The number of hydrogen-bond donors (Lipinski definition) is 1. The summed E-state index contributed by atoms with van der Waals surface area (Å²) in [4.78, 5) is 27.6. The highest BCUT2D eigenvalue weighted by Crippen LogP contribution is 2.35. The van der Waals surface area contributed by atoms with E-state index >= 15 is 0 Å². The van der Waals surface area contributed by atoms with Gasteiger partial charge in [-0.05, 0) is 36.3 Å². The summed E-state index contributed by atoms with van der Waals surface area (Å²) in [7, 11) is 0. The van der Waals surface area contributed by atoms with E-state index in [1.807, 2.05) is 4.90 Å². The number of alkyl halides is 4. The molecule has 0 saturated carbocycles. The molecule has 198 valence electrons. The summed E-state index contributed by atoms with van der Waals surface area (Å²) in [5.41, 5.74) is 0.493. The summed E-state index contributed by atoms with van der Waals surface area (Å²) < 4.78 is 63.3. The highest BCUT2D eigenvalue weighted by atomic mass is 19.3. The van der Waals surface area contributed by atoms with Crippen LogP contribution in [0.25, 0.3) is 5.57 Å². The van der Waals surface area contributed by atoms with Crippen molar-refractivity contribution >= 4 is 17.7 Å². The van der Waals surface area contributed by atoms with Crippen molar-refractivity contribution in [1.82, 2.24) is 20.2 Å². The molecular formula is C25H27F4N5O3. The summed E-state index contributed by atoms with van der Waals surface area (Å²) >= 11 is 0. The molecule has 2 aliphatic heterocycles. The lowest BCUT2D eigenvalue weighted by molar-refractivity contribution is -0.0528. The van der Waals surface area contributed by atoms with E-state index in [0.717, 1.165) is 11.6 Å². The number of pyridine rings is 2. The Morgan fingerprint density at radius 2 is 2.00 bits per heavy atom. The molecule has 0 bridgehead atoms. The van der Waals surface area contributed by atoms with Crippen LogP contribution in [-0.4, -0.2) is 65.6 Å². The van der Waals surface area contributed by atoms with Gasteiger partial charge in [-0.25, -0.2) is 4.98 Å². The first-order chi connectivity index (χ1) is 17.6. The highest BCUT2D eigenvalue weighted by molar-refractivity contribution is 5.98. The Bertz CT molecular complexity index is 1180. The van der Waals surface area contributed by atoms with Crippen molar-refractivity contribution in [2.45, 2.75) is 44.9 Å². The summed E-state index contributed by atoms with van der Waals surface area (Å²) in [6, 6.07) is 5.41. The molecule has 1 saturated heterocycles. The molecule has 4 heterocycles. The molecule has 2 aromatic rings. The average Bonchev–Trinajstić information content (AvgIpc) is 2.90. The maximum atomic E-state index is 14.2. The molecule has 0 radical (unpaired) electrons. The van der Waals surface area contributed by atoms with Gasteiger partial charge < -0.3 is 14.8 Å². The molecule has 1 fully saturated rings. The Labute approximate surface area is 211 Å². The topological polar surface area (TPSA) is 88.9 Å². The Morgan fingerprint density at radius 3 is 2.65 bits per heavy atom. The quantitative estimate of drug-likeness (QED) is 0.523. The summed E-state index contributed by atoms with van der Waals surface area (Å²) in [6.45, 7) is 2.01. The van der Waals surface area contributed by atoms with Gasteiger partial charge in [-0.2, -0.15) is 17.6 Å². The van der Waals surface area contributed by atoms with Crippen molar-refractivity contribution in [3.05, 3.63) is 59.2 Å². The molecule has 12 heteroatoms. The van der Waals surface area contributed by atoms with E-state index in [4.69, 9.17) is 4.74 Å². The van der Waals surface area contributed by atoms with E-state index in [1.165, 1.54) is 31.5 Å². The first kappa shape index (κ1) is 26.7. The summed E-state index contributed by atoms with van der Waals surface area (Å²) in [5.74, 6) is -3.95. The number of hydrogen-bond acceptors (Lipinski definition) is 7. The molecule has 1 N–H and O–H groups in total. The molecule has 1 unspecified atom stereocenters. The molecule has 8 nitrogen and oxygen atoms in total. The molecule has 0 aliphatic carbocycles. The van der Waals surface area contributed by atoms with Crippen molar-refractivity contribution in [3.8, 4) is 5.88 Å². The second-order valence-corrected chi connectivity index (χ2v) is 8.73. The number of nitrogens with zero attached hydrogens (tertiary/aromatic N) is 4. The van der Waals surface area contributed by atoms with Crippen molar-refractivity contribution in [1.29, 1.82) is 0 Å². The standard InChI is InChI=1S/C25H27F4N5O3/c1-3-25(28,29)20-12-17(6-7-30-20)22(35)33-24(34-8-10-36-11-9-34)13-19(16(2)32-15-24)18-4-5-21(31-14-18)37-23(26)27/h4-7,12,14-15,23H,3,8-11,13H2,1-2H3,(H,33,35). The molecule has 2 aliphatic rings. The first-order valence-corrected chi connectivity index (χ1v) is 11.8. The Balaban J connectivity index is 1.65. The molecule has 2 aromatic heterocycles. The third kappa shape index (κ3) is 5.96. The van der Waals surface area contributed by atoms with Crippen LogP contribution >= 0.6 is 0 Å². The van der Waals surface area contributed by atoms with Gasteiger partial charge in [0, 0.05) is 61.9 Å². The number of rotatable bonds is 8. The van der Waals surface area contributed by atoms with Gasteiger partial charge >= 0.3 is 6.61 Å². The number of aromatic nitrogens is 2. The van der Waals surface area contributed by atoms with Crippen molar-refractivity contribution in [2.24, 2.45) is 4.99 Å². The van der Waals surface area contributed by atoms with Gasteiger partial charge in [-0.3, -0.25) is 19.7 Å². The van der Waals surface area contributed by atoms with Gasteiger partial charge in [0.2, 0.25) is 5.88 Å². The normalized spacial score (nSPS) is 20.8. The van der Waals surface area contributed by atoms with Crippen LogP contribution in [0.1, 0.15) is 48.3 Å². The van der Waals surface area contributed by atoms with E-state index in [9.17, 15) is 22.4 Å². The van der Waals surface area contributed by atoms with Gasteiger partial charge in [-0.15, -0.1) is 0 Å². The largest absolute Gasteiger partial charge is 0.417 e. The molecule has 0 spiro atoms. The van der Waals surface area contributed by atoms with Crippen LogP contribution in [0, 0.1) is 0 Å². The summed E-state index contributed by atoms with van der Waals surface area (Å²) in [6.07, 6.45) is 4.06. The lowest BCUT2D eigenvalue weighted by Crippen LogP contribution is -2.65. The van der Waals surface area contributed by atoms with Crippen molar-refractivity contribution in [3.63, 3.8) is 0 Å². The zero-order valence-corrected chi connectivity index (χ0v) is 20.4. The van der Waals surface area contributed by atoms with Crippen LogP contribution in [-0.2, 0) is 10.7 Å². The molecule has 4 rings (SSSR count). The minimum absolute atomic E-state index is 0.0437. The van der Waals surface area contributed by atoms with Crippen LogP contribution < -0.4 is 10.1 Å². The number of carbonyl (C=O) groups excluding carboxylic acids is 1. The van der Waals surface area contributed by atoms with Crippen LogP contribution in [0.4, 0.5) is 17.6 Å². The number of ether oxygens (including phenoxy) is 2. The molecule has 0 aromatic carbocycles. The van der Waals surface area contributed by atoms with E-state index < -0.39 is 36.2 Å². The molecule has 1 amide bonds. The number of amides is 1. The molecule has 37 heavy (non-hydrogen) atoms. The monoisotopic (exact) mass is 521 g/mol. The van der Waals surface area contributed by atoms with Crippen LogP contribution in [0.3, 0.4) is 0 Å². The number of allylic oxidation sites excluding steroid dienone is 1. The number of halogens is 4. The van der Waals surface area contributed by atoms with E-state index in [-0.39, 0.29) is 17.9 Å². The lowest BCUT2D eigenvalue weighted by Gasteiger charge is -2.45. The van der Waals surface area contributed by atoms with E-state index in [0.29, 0.717) is 37.6 Å². The number of morpholine rings is 1. The number of carbonyl (C=O) groups is 1. The van der Waals surface area contributed by atoms with Crippen molar-refractivity contribution < 1.29 is 31.8 Å². The zero-order chi connectivity index (χ0) is 26.6. The fourth-order valence-corrected chi connectivity index (χ4v) is 4.29. The first-order valence-electron chi connectivity index (χ1n) is 11.8. The predicted octanol–water partition coefficient (Wildman–Crippen LogP) is 4.24. The Morgan fingerprint density at radius 1 is 1.24 bits per heavy atom. The van der Waals surface area contributed by atoms with E-state index in [2.05, 4.69) is 25.0 Å². The number of aliphatic imine (C=N–C) groups is 1. The third-order valence-corrected chi connectivity index (χ3v) is 6.40. The lowest BCUT2D eigenvalue weighted by atomic mass is 9.90. The SMILES string of the molecule is CCC(F)(F)c1cc(C(=O)NC2(N3CCOCC3)C=NC(C)=C(c3ccc(OC(F)F)nc3)C2)ccn1. The average molecular weight is 522 g/mol. The fraction of sp³-hybridized carbons (Fsp3) is 0.440. The van der Waals surface area contributed by atoms with Gasteiger partial charge in [0.15, 0.2) is 0 Å². The highest BCUT2D eigenvalue weighted by Gasteiger charge is 2.41. The van der Waals surface area contributed by atoms with E-state index in [1.54, 1.807) is 19.2 Å². The summed E-state index contributed by atoms with van der Waals surface area (Å²) in [5, 5.41) is 3.00.